The lowest BCUT2D eigenvalue weighted by molar-refractivity contribution is 0.486. The standard InChI is InChI=1S/C10H12N4OS/c1-7-9(14(2)6-12-7)8-4-5-11-10(13-8)16-15-3/h4-6H,1-3H3. The summed E-state index contributed by atoms with van der Waals surface area (Å²) in [4.78, 5) is 12.7. The third kappa shape index (κ3) is 2.07. The molecule has 2 aromatic rings. The predicted molar refractivity (Wildman–Crippen MR) is 61.8 cm³/mol. The number of imidazole rings is 1. The summed E-state index contributed by atoms with van der Waals surface area (Å²) in [5.41, 5.74) is 2.81. The molecule has 6 heteroatoms. The van der Waals surface area contributed by atoms with Crippen LogP contribution in [-0.4, -0.2) is 26.6 Å². The van der Waals surface area contributed by atoms with Crippen LogP contribution in [0.1, 0.15) is 5.69 Å². The summed E-state index contributed by atoms with van der Waals surface area (Å²) < 4.78 is 6.87. The van der Waals surface area contributed by atoms with Gasteiger partial charge in [0.1, 0.15) is 0 Å². The zero-order valence-electron chi connectivity index (χ0n) is 9.34. The van der Waals surface area contributed by atoms with E-state index in [1.807, 2.05) is 24.6 Å². The molecular formula is C10H12N4OS. The van der Waals surface area contributed by atoms with Crippen molar-refractivity contribution in [2.45, 2.75) is 12.1 Å². The van der Waals surface area contributed by atoms with Crippen LogP contribution in [0.5, 0.6) is 0 Å². The topological polar surface area (TPSA) is 52.8 Å². The average Bonchev–Trinajstić information content (AvgIpc) is 2.59. The molecule has 0 radical (unpaired) electrons. The van der Waals surface area contributed by atoms with E-state index in [9.17, 15) is 0 Å². The highest BCUT2D eigenvalue weighted by atomic mass is 32.2. The highest BCUT2D eigenvalue weighted by molar-refractivity contribution is 7.94. The maximum Gasteiger partial charge on any atom is 0.215 e. The lowest BCUT2D eigenvalue weighted by Gasteiger charge is -2.04. The van der Waals surface area contributed by atoms with Crippen LogP contribution in [0.3, 0.4) is 0 Å². The summed E-state index contributed by atoms with van der Waals surface area (Å²) in [6.45, 7) is 1.96. The Labute approximate surface area is 98.1 Å². The van der Waals surface area contributed by atoms with Crippen LogP contribution in [0.25, 0.3) is 11.4 Å². The van der Waals surface area contributed by atoms with Crippen LogP contribution in [0.4, 0.5) is 0 Å². The highest BCUT2D eigenvalue weighted by Crippen LogP contribution is 2.22. The van der Waals surface area contributed by atoms with Crippen LogP contribution >= 0.6 is 12.0 Å². The van der Waals surface area contributed by atoms with Crippen LogP contribution in [0.2, 0.25) is 0 Å². The first kappa shape index (κ1) is 11.1. The van der Waals surface area contributed by atoms with Gasteiger partial charge >= 0.3 is 0 Å². The molecule has 0 aromatic carbocycles. The van der Waals surface area contributed by atoms with Crippen molar-refractivity contribution in [2.75, 3.05) is 7.11 Å². The van der Waals surface area contributed by atoms with Gasteiger partial charge in [-0.05, 0) is 13.0 Å². The molecule has 0 bridgehead atoms. The van der Waals surface area contributed by atoms with E-state index in [4.69, 9.17) is 4.18 Å². The molecule has 84 valence electrons. The largest absolute Gasteiger partial charge is 0.332 e. The van der Waals surface area contributed by atoms with Gasteiger partial charge in [0, 0.05) is 13.2 Å². The lowest BCUT2D eigenvalue weighted by Crippen LogP contribution is -1.96. The minimum atomic E-state index is 0.598. The fourth-order valence-corrected chi connectivity index (χ4v) is 1.89. The molecule has 0 atom stereocenters. The predicted octanol–water partition coefficient (Wildman–Crippen LogP) is 1.84. The molecule has 0 aliphatic heterocycles. The fourth-order valence-electron chi connectivity index (χ4n) is 1.50. The van der Waals surface area contributed by atoms with Crippen molar-refractivity contribution in [2.24, 2.45) is 7.05 Å². The maximum absolute atomic E-state index is 4.93. The van der Waals surface area contributed by atoms with Gasteiger partial charge in [0.2, 0.25) is 5.16 Å². The minimum Gasteiger partial charge on any atom is -0.332 e. The second kappa shape index (κ2) is 4.63. The summed E-state index contributed by atoms with van der Waals surface area (Å²) in [5.74, 6) is 0. The summed E-state index contributed by atoms with van der Waals surface area (Å²) >= 11 is 1.15. The Hall–Kier alpha value is -1.40. The Morgan fingerprint density at radius 1 is 1.38 bits per heavy atom. The smallest absolute Gasteiger partial charge is 0.215 e. The third-order valence-electron chi connectivity index (χ3n) is 2.15. The van der Waals surface area contributed by atoms with Crippen molar-refractivity contribution in [1.29, 1.82) is 0 Å². The van der Waals surface area contributed by atoms with Crippen molar-refractivity contribution in [1.82, 2.24) is 19.5 Å². The number of aromatic nitrogens is 4. The van der Waals surface area contributed by atoms with E-state index >= 15 is 0 Å². The molecular weight excluding hydrogens is 224 g/mol. The monoisotopic (exact) mass is 236 g/mol. The van der Waals surface area contributed by atoms with E-state index in [0.29, 0.717) is 5.16 Å². The fraction of sp³-hybridized carbons (Fsp3) is 0.300. The molecule has 0 unspecified atom stereocenters. The number of aryl methyl sites for hydroxylation is 2. The summed E-state index contributed by atoms with van der Waals surface area (Å²) in [6.07, 6.45) is 3.49. The molecule has 0 aliphatic carbocycles. The van der Waals surface area contributed by atoms with Crippen LogP contribution in [0.15, 0.2) is 23.7 Å². The molecule has 0 saturated heterocycles. The molecule has 5 nitrogen and oxygen atoms in total. The van der Waals surface area contributed by atoms with Gasteiger partial charge in [-0.15, -0.1) is 0 Å². The SMILES string of the molecule is COSc1nccc(-c2c(C)ncn2C)n1. The Bertz CT molecular complexity index is 478. The van der Waals surface area contributed by atoms with Crippen molar-refractivity contribution < 1.29 is 4.18 Å². The second-order valence-electron chi connectivity index (χ2n) is 3.26. The lowest BCUT2D eigenvalue weighted by atomic mass is 10.2. The van der Waals surface area contributed by atoms with Gasteiger partial charge in [0.15, 0.2) is 0 Å². The van der Waals surface area contributed by atoms with Gasteiger partial charge in [0.05, 0.1) is 42.6 Å². The molecule has 0 saturated carbocycles. The van der Waals surface area contributed by atoms with E-state index < -0.39 is 0 Å². The summed E-state index contributed by atoms with van der Waals surface area (Å²) in [6, 6.07) is 1.86. The normalized spacial score (nSPS) is 10.7. The third-order valence-corrected chi connectivity index (χ3v) is 2.67. The highest BCUT2D eigenvalue weighted by Gasteiger charge is 2.10. The molecule has 2 aromatic heterocycles. The van der Waals surface area contributed by atoms with Gasteiger partial charge in [-0.25, -0.2) is 15.0 Å². The van der Waals surface area contributed by atoms with Crippen LogP contribution < -0.4 is 0 Å². The van der Waals surface area contributed by atoms with E-state index in [0.717, 1.165) is 29.1 Å². The maximum atomic E-state index is 4.93. The van der Waals surface area contributed by atoms with Crippen LogP contribution in [0, 0.1) is 6.92 Å². The molecule has 16 heavy (non-hydrogen) atoms. The Morgan fingerprint density at radius 2 is 2.19 bits per heavy atom. The second-order valence-corrected chi connectivity index (χ2v) is 4.13. The Kier molecular flexibility index (Phi) is 3.21. The van der Waals surface area contributed by atoms with Gasteiger partial charge < -0.3 is 8.75 Å². The first-order valence-corrected chi connectivity index (χ1v) is 5.48. The van der Waals surface area contributed by atoms with Crippen molar-refractivity contribution in [3.8, 4) is 11.4 Å². The van der Waals surface area contributed by atoms with Crippen molar-refractivity contribution >= 4 is 12.0 Å². The molecule has 2 heterocycles. The van der Waals surface area contributed by atoms with Gasteiger partial charge in [-0.3, -0.25) is 0 Å². The van der Waals surface area contributed by atoms with Crippen LogP contribution in [-0.2, 0) is 11.2 Å². The van der Waals surface area contributed by atoms with E-state index in [-0.39, 0.29) is 0 Å². The van der Waals surface area contributed by atoms with E-state index in [2.05, 4.69) is 15.0 Å². The van der Waals surface area contributed by atoms with E-state index in [1.165, 1.54) is 0 Å². The van der Waals surface area contributed by atoms with Gasteiger partial charge in [-0.2, -0.15) is 0 Å². The zero-order valence-corrected chi connectivity index (χ0v) is 10.2. The Balaban J connectivity index is 2.44. The molecule has 0 aliphatic rings. The van der Waals surface area contributed by atoms with E-state index in [1.54, 1.807) is 19.6 Å². The minimum absolute atomic E-state index is 0.598. The Morgan fingerprint density at radius 3 is 2.81 bits per heavy atom. The molecule has 0 N–H and O–H groups in total. The molecule has 2 rings (SSSR count). The molecule has 0 amide bonds. The van der Waals surface area contributed by atoms with Crippen molar-refractivity contribution in [3.05, 3.63) is 24.3 Å². The van der Waals surface area contributed by atoms with Crippen molar-refractivity contribution in [3.63, 3.8) is 0 Å². The zero-order chi connectivity index (χ0) is 11.5. The number of nitrogens with zero attached hydrogens (tertiary/aromatic N) is 4. The molecule has 0 spiro atoms. The summed E-state index contributed by atoms with van der Waals surface area (Å²) in [5, 5.41) is 0.598. The summed E-state index contributed by atoms with van der Waals surface area (Å²) in [7, 11) is 3.54. The average molecular weight is 236 g/mol. The number of hydrogen-bond donors (Lipinski definition) is 0. The number of rotatable bonds is 3. The number of hydrogen-bond acceptors (Lipinski definition) is 5. The quantitative estimate of drug-likeness (QED) is 0.601. The molecule has 0 fully saturated rings. The van der Waals surface area contributed by atoms with Gasteiger partial charge in [0.25, 0.3) is 0 Å². The first-order valence-electron chi connectivity index (χ1n) is 4.74. The van der Waals surface area contributed by atoms with Gasteiger partial charge in [-0.1, -0.05) is 0 Å². The first-order chi connectivity index (χ1) is 7.72.